The number of halogens is 3. The second-order valence-corrected chi connectivity index (χ2v) is 4.60. The minimum Gasteiger partial charge on any atom is -0.433 e. The largest absolute Gasteiger partial charge is 0.433 e. The van der Waals surface area contributed by atoms with Gasteiger partial charge in [-0.3, -0.25) is 4.98 Å². The number of aryl methyl sites for hydroxylation is 1. The summed E-state index contributed by atoms with van der Waals surface area (Å²) in [7, 11) is 0. The molecule has 0 amide bonds. The van der Waals surface area contributed by atoms with Crippen molar-refractivity contribution >= 4 is 11.6 Å². The van der Waals surface area contributed by atoms with E-state index < -0.39 is 6.61 Å². The number of hydrogen-bond donors (Lipinski definition) is 0. The van der Waals surface area contributed by atoms with E-state index in [0.29, 0.717) is 6.42 Å². The van der Waals surface area contributed by atoms with Gasteiger partial charge in [0, 0.05) is 12.4 Å². The van der Waals surface area contributed by atoms with Crippen LogP contribution in [0.2, 0.25) is 5.02 Å². The fourth-order valence-electron chi connectivity index (χ4n) is 1.79. The molecule has 5 heteroatoms. The average molecular weight is 284 g/mol. The summed E-state index contributed by atoms with van der Waals surface area (Å²) in [6.07, 6.45) is 4.09. The van der Waals surface area contributed by atoms with E-state index in [-0.39, 0.29) is 10.8 Å². The van der Waals surface area contributed by atoms with E-state index in [1.165, 1.54) is 6.07 Å². The molecule has 0 N–H and O–H groups in total. The lowest BCUT2D eigenvalue weighted by molar-refractivity contribution is -0.0498. The maximum absolute atomic E-state index is 12.2. The first kappa shape index (κ1) is 13.7. The molecule has 100 valence electrons. The monoisotopic (exact) mass is 283 g/mol. The molecule has 0 saturated carbocycles. The standard InChI is InChI=1S/C14H12ClF2NO/c1-9-4-11(8-18-7-9)5-10-2-3-12(15)13(6-10)19-14(16)17/h2-4,6-8,14H,5H2,1H3. The van der Waals surface area contributed by atoms with Crippen LogP contribution in [-0.2, 0) is 6.42 Å². The van der Waals surface area contributed by atoms with Crippen molar-refractivity contribution in [3.63, 3.8) is 0 Å². The highest BCUT2D eigenvalue weighted by molar-refractivity contribution is 6.32. The van der Waals surface area contributed by atoms with E-state index in [9.17, 15) is 8.78 Å². The average Bonchev–Trinajstić information content (AvgIpc) is 2.33. The molecule has 2 aromatic rings. The summed E-state index contributed by atoms with van der Waals surface area (Å²) in [5, 5.41) is 0.173. The number of pyridine rings is 1. The zero-order valence-corrected chi connectivity index (χ0v) is 11.0. The minimum atomic E-state index is -2.88. The van der Waals surface area contributed by atoms with Crippen molar-refractivity contribution in [2.45, 2.75) is 20.0 Å². The number of hydrogen-bond acceptors (Lipinski definition) is 2. The van der Waals surface area contributed by atoms with Crippen LogP contribution in [0.4, 0.5) is 8.78 Å². The van der Waals surface area contributed by atoms with Gasteiger partial charge in [-0.2, -0.15) is 8.78 Å². The number of rotatable bonds is 4. The van der Waals surface area contributed by atoms with Crippen LogP contribution in [0.15, 0.2) is 36.7 Å². The van der Waals surface area contributed by atoms with E-state index in [2.05, 4.69) is 9.72 Å². The van der Waals surface area contributed by atoms with Gasteiger partial charge in [-0.1, -0.05) is 23.7 Å². The SMILES string of the molecule is Cc1cncc(Cc2ccc(Cl)c(OC(F)F)c2)c1. The maximum Gasteiger partial charge on any atom is 0.387 e. The smallest absolute Gasteiger partial charge is 0.387 e. The number of aromatic nitrogens is 1. The Kier molecular flexibility index (Phi) is 4.32. The Bertz CT molecular complexity index is 575. The van der Waals surface area contributed by atoms with Crippen molar-refractivity contribution in [2.24, 2.45) is 0 Å². The van der Waals surface area contributed by atoms with Crippen LogP contribution in [-0.4, -0.2) is 11.6 Å². The third kappa shape index (κ3) is 3.89. The summed E-state index contributed by atoms with van der Waals surface area (Å²) in [5.74, 6) is -0.00483. The Morgan fingerprint density at radius 1 is 1.21 bits per heavy atom. The molecule has 2 nitrogen and oxygen atoms in total. The number of alkyl halides is 2. The third-order valence-corrected chi connectivity index (χ3v) is 2.86. The molecule has 19 heavy (non-hydrogen) atoms. The molecule has 0 unspecified atom stereocenters. The Balaban J connectivity index is 2.21. The predicted molar refractivity (Wildman–Crippen MR) is 69.9 cm³/mol. The lowest BCUT2D eigenvalue weighted by Gasteiger charge is -2.09. The summed E-state index contributed by atoms with van der Waals surface area (Å²) < 4.78 is 28.8. The molecule has 0 saturated heterocycles. The van der Waals surface area contributed by atoms with Gasteiger partial charge in [-0.05, 0) is 42.2 Å². The highest BCUT2D eigenvalue weighted by Crippen LogP contribution is 2.28. The van der Waals surface area contributed by atoms with Gasteiger partial charge in [-0.15, -0.1) is 0 Å². The lowest BCUT2D eigenvalue weighted by Crippen LogP contribution is -2.03. The quantitative estimate of drug-likeness (QED) is 0.837. The Labute approximate surface area is 115 Å². The minimum absolute atomic E-state index is 0.00483. The Hall–Kier alpha value is -1.68. The molecule has 0 aliphatic carbocycles. The van der Waals surface area contributed by atoms with Crippen molar-refractivity contribution in [3.8, 4) is 5.75 Å². The second-order valence-electron chi connectivity index (χ2n) is 4.19. The Morgan fingerprint density at radius 2 is 2.00 bits per heavy atom. The van der Waals surface area contributed by atoms with E-state index in [0.717, 1.165) is 16.7 Å². The van der Waals surface area contributed by atoms with E-state index in [1.54, 1.807) is 24.5 Å². The van der Waals surface area contributed by atoms with Crippen LogP contribution in [0.1, 0.15) is 16.7 Å². The highest BCUT2D eigenvalue weighted by Gasteiger charge is 2.09. The molecule has 0 spiro atoms. The van der Waals surface area contributed by atoms with Crippen LogP contribution in [0.5, 0.6) is 5.75 Å². The van der Waals surface area contributed by atoms with Crippen LogP contribution in [0.3, 0.4) is 0 Å². The molecule has 0 fully saturated rings. The summed E-state index contributed by atoms with van der Waals surface area (Å²) in [6.45, 7) is -0.933. The summed E-state index contributed by atoms with van der Waals surface area (Å²) >= 11 is 5.80. The zero-order chi connectivity index (χ0) is 13.8. The summed E-state index contributed by atoms with van der Waals surface area (Å²) in [5.41, 5.74) is 2.90. The van der Waals surface area contributed by atoms with Crippen molar-refractivity contribution in [1.29, 1.82) is 0 Å². The Morgan fingerprint density at radius 3 is 2.68 bits per heavy atom. The molecule has 1 aromatic heterocycles. The van der Waals surface area contributed by atoms with Gasteiger partial charge in [0.1, 0.15) is 5.75 Å². The topological polar surface area (TPSA) is 22.1 Å². The number of benzene rings is 1. The first-order chi connectivity index (χ1) is 9.04. The van der Waals surface area contributed by atoms with Gasteiger partial charge in [0.25, 0.3) is 0 Å². The maximum atomic E-state index is 12.2. The first-order valence-electron chi connectivity index (χ1n) is 5.68. The fraction of sp³-hybridized carbons (Fsp3) is 0.214. The molecule has 0 aliphatic heterocycles. The molecule has 0 aliphatic rings. The molecule has 0 radical (unpaired) electrons. The first-order valence-corrected chi connectivity index (χ1v) is 6.06. The van der Waals surface area contributed by atoms with Gasteiger partial charge in [0.15, 0.2) is 0 Å². The molecular weight excluding hydrogens is 272 g/mol. The number of ether oxygens (including phenoxy) is 1. The molecule has 1 aromatic carbocycles. The molecule has 0 bridgehead atoms. The number of nitrogens with zero attached hydrogens (tertiary/aromatic N) is 1. The normalized spacial score (nSPS) is 10.8. The van der Waals surface area contributed by atoms with E-state index >= 15 is 0 Å². The van der Waals surface area contributed by atoms with Crippen molar-refractivity contribution < 1.29 is 13.5 Å². The molecule has 2 rings (SSSR count). The van der Waals surface area contributed by atoms with Gasteiger partial charge in [0.05, 0.1) is 5.02 Å². The van der Waals surface area contributed by atoms with E-state index in [1.807, 2.05) is 13.0 Å². The second kappa shape index (κ2) is 5.97. The molecule has 0 atom stereocenters. The summed E-state index contributed by atoms with van der Waals surface area (Å²) in [6, 6.07) is 6.85. The van der Waals surface area contributed by atoms with Crippen LogP contribution < -0.4 is 4.74 Å². The molecule has 1 heterocycles. The zero-order valence-electron chi connectivity index (χ0n) is 10.2. The van der Waals surface area contributed by atoms with Gasteiger partial charge in [0.2, 0.25) is 0 Å². The van der Waals surface area contributed by atoms with Crippen molar-refractivity contribution in [3.05, 3.63) is 58.4 Å². The summed E-state index contributed by atoms with van der Waals surface area (Å²) in [4.78, 5) is 4.09. The van der Waals surface area contributed by atoms with Gasteiger partial charge < -0.3 is 4.74 Å². The van der Waals surface area contributed by atoms with Crippen molar-refractivity contribution in [1.82, 2.24) is 4.98 Å². The van der Waals surface area contributed by atoms with Crippen LogP contribution in [0.25, 0.3) is 0 Å². The highest BCUT2D eigenvalue weighted by atomic mass is 35.5. The van der Waals surface area contributed by atoms with Crippen LogP contribution >= 0.6 is 11.6 Å². The third-order valence-electron chi connectivity index (χ3n) is 2.55. The van der Waals surface area contributed by atoms with Crippen LogP contribution in [0, 0.1) is 6.92 Å². The van der Waals surface area contributed by atoms with Gasteiger partial charge >= 0.3 is 6.61 Å². The van der Waals surface area contributed by atoms with Crippen molar-refractivity contribution in [2.75, 3.05) is 0 Å². The lowest BCUT2D eigenvalue weighted by atomic mass is 10.1. The van der Waals surface area contributed by atoms with Gasteiger partial charge in [-0.25, -0.2) is 0 Å². The molecular formula is C14H12ClF2NO. The van der Waals surface area contributed by atoms with E-state index in [4.69, 9.17) is 11.6 Å². The fourth-order valence-corrected chi connectivity index (χ4v) is 1.96. The predicted octanol–water partition coefficient (Wildman–Crippen LogP) is 4.24.